The van der Waals surface area contributed by atoms with Crippen LogP contribution >= 0.6 is 11.6 Å². The molecule has 1 N–H and O–H groups in total. The first kappa shape index (κ1) is 20.3. The number of benzene rings is 1. The predicted molar refractivity (Wildman–Crippen MR) is 97.5 cm³/mol. The van der Waals surface area contributed by atoms with E-state index in [1.54, 1.807) is 6.92 Å². The monoisotopic (exact) mass is 433 g/mol. The van der Waals surface area contributed by atoms with Gasteiger partial charge >= 0.3 is 6.36 Å². The zero-order valence-corrected chi connectivity index (χ0v) is 16.3. The fourth-order valence-corrected chi connectivity index (χ4v) is 4.03. The van der Waals surface area contributed by atoms with Gasteiger partial charge < -0.3 is 9.72 Å². The number of halogens is 4. The number of rotatable bonds is 5. The lowest BCUT2D eigenvalue weighted by atomic mass is 10.1. The van der Waals surface area contributed by atoms with Crippen molar-refractivity contribution >= 4 is 21.4 Å². The van der Waals surface area contributed by atoms with Crippen LogP contribution in [0.1, 0.15) is 12.6 Å². The van der Waals surface area contributed by atoms with Crippen LogP contribution in [0, 0.1) is 6.92 Å². The summed E-state index contributed by atoms with van der Waals surface area (Å²) in [6.07, 6.45) is -1.86. The van der Waals surface area contributed by atoms with Crippen molar-refractivity contribution < 1.29 is 26.3 Å². The van der Waals surface area contributed by atoms with Gasteiger partial charge in [-0.2, -0.15) is 5.10 Å². The van der Waals surface area contributed by atoms with Crippen LogP contribution in [0.2, 0.25) is 5.02 Å². The van der Waals surface area contributed by atoms with E-state index in [9.17, 15) is 21.6 Å². The Labute approximate surface area is 163 Å². The number of aromatic nitrogens is 3. The molecule has 0 bridgehead atoms. The van der Waals surface area contributed by atoms with Gasteiger partial charge in [0.05, 0.1) is 22.7 Å². The van der Waals surface area contributed by atoms with Crippen molar-refractivity contribution in [3.8, 4) is 22.7 Å². The molecule has 0 fully saturated rings. The normalized spacial score (nSPS) is 12.4. The summed E-state index contributed by atoms with van der Waals surface area (Å²) in [7, 11) is -3.48. The Morgan fingerprint density at radius 1 is 1.25 bits per heavy atom. The first-order valence-electron chi connectivity index (χ1n) is 8.04. The molecule has 2 heterocycles. The average molecular weight is 434 g/mol. The summed E-state index contributed by atoms with van der Waals surface area (Å²) in [6.45, 7) is 3.24. The van der Waals surface area contributed by atoms with E-state index in [4.69, 9.17) is 11.6 Å². The van der Waals surface area contributed by atoms with Gasteiger partial charge in [-0.25, -0.2) is 13.1 Å². The van der Waals surface area contributed by atoms with E-state index in [2.05, 4.69) is 14.8 Å². The Balaban J connectivity index is 2.03. The highest BCUT2D eigenvalue weighted by molar-refractivity contribution is 7.91. The van der Waals surface area contributed by atoms with Gasteiger partial charge in [0.1, 0.15) is 10.6 Å². The zero-order chi connectivity index (χ0) is 20.7. The molecule has 0 unspecified atom stereocenters. The zero-order valence-electron chi connectivity index (χ0n) is 14.7. The molecule has 0 spiro atoms. The Kier molecular flexibility index (Phi) is 5.20. The minimum absolute atomic E-state index is 0.0392. The molecule has 0 aliphatic heterocycles. The van der Waals surface area contributed by atoms with E-state index in [-0.39, 0.29) is 21.5 Å². The number of alkyl halides is 3. The number of ether oxygens (including phenoxy) is 1. The molecule has 3 rings (SSSR count). The van der Waals surface area contributed by atoms with Crippen LogP contribution in [0.3, 0.4) is 0 Å². The van der Waals surface area contributed by atoms with Crippen LogP contribution in [-0.4, -0.2) is 35.3 Å². The smallest absolute Gasteiger partial charge is 0.406 e. The van der Waals surface area contributed by atoms with Gasteiger partial charge in [0.15, 0.2) is 15.7 Å². The molecule has 3 aromatic rings. The molecule has 1 aromatic carbocycles. The number of hydrogen-bond donors (Lipinski definition) is 1. The van der Waals surface area contributed by atoms with Crippen molar-refractivity contribution in [3.63, 3.8) is 0 Å². The molecule has 2 aromatic heterocycles. The maximum atomic E-state index is 12.4. The van der Waals surface area contributed by atoms with Gasteiger partial charge in [0, 0.05) is 17.3 Å². The lowest BCUT2D eigenvalue weighted by molar-refractivity contribution is -0.274. The van der Waals surface area contributed by atoms with Gasteiger partial charge in [0.25, 0.3) is 0 Å². The molecule has 0 atom stereocenters. The molecule has 0 radical (unpaired) electrons. The Bertz CT molecular complexity index is 1120. The molecule has 0 saturated heterocycles. The molecule has 150 valence electrons. The average Bonchev–Trinajstić information content (AvgIpc) is 3.21. The van der Waals surface area contributed by atoms with Crippen LogP contribution in [0.4, 0.5) is 13.2 Å². The van der Waals surface area contributed by atoms with Crippen molar-refractivity contribution in [2.24, 2.45) is 0 Å². The highest BCUT2D eigenvalue weighted by atomic mass is 35.5. The third kappa shape index (κ3) is 3.88. The molecule has 0 aliphatic carbocycles. The molecular formula is C17H15ClF3N3O3S. The van der Waals surface area contributed by atoms with Crippen molar-refractivity contribution in [1.29, 1.82) is 0 Å². The Morgan fingerprint density at radius 3 is 2.57 bits per heavy atom. The number of nitrogens with one attached hydrogen (secondary N) is 1. The lowest BCUT2D eigenvalue weighted by Crippen LogP contribution is -2.17. The van der Waals surface area contributed by atoms with Gasteiger partial charge in [-0.1, -0.05) is 18.5 Å². The lowest BCUT2D eigenvalue weighted by Gasteiger charge is -2.11. The van der Waals surface area contributed by atoms with Crippen molar-refractivity contribution in [1.82, 2.24) is 14.8 Å². The van der Waals surface area contributed by atoms with Crippen LogP contribution in [-0.2, 0) is 9.84 Å². The summed E-state index contributed by atoms with van der Waals surface area (Å²) in [4.78, 5) is 2.97. The summed E-state index contributed by atoms with van der Waals surface area (Å²) in [6, 6.07) is 5.04. The third-order valence-electron chi connectivity index (χ3n) is 4.09. The fraction of sp³-hybridized carbons (Fsp3) is 0.235. The maximum absolute atomic E-state index is 12.4. The standard InChI is InChI=1S/C17H15ClF3N3O3S/c1-3-28(25,26)15-6-7-22-16(15)24-10(2)13(9-23-24)12-5-4-11(8-14(12)18)27-17(19,20)21/h4-9,22H,3H2,1-2H3. The summed E-state index contributed by atoms with van der Waals surface area (Å²) in [5.41, 5.74) is 1.53. The number of sulfone groups is 1. The number of H-pyrrole nitrogens is 1. The second kappa shape index (κ2) is 7.17. The topological polar surface area (TPSA) is 77.0 Å². The SMILES string of the molecule is CCS(=O)(=O)c1cc[nH]c1-n1ncc(-c2ccc(OC(F)(F)F)cc2Cl)c1C. The largest absolute Gasteiger partial charge is 0.573 e. The van der Waals surface area contributed by atoms with Gasteiger partial charge in [-0.3, -0.25) is 0 Å². The number of nitrogens with zero attached hydrogens (tertiary/aromatic N) is 2. The predicted octanol–water partition coefficient (Wildman–Crippen LogP) is 4.52. The first-order valence-corrected chi connectivity index (χ1v) is 10.1. The van der Waals surface area contributed by atoms with Gasteiger partial charge in [-0.05, 0) is 31.2 Å². The number of hydrogen-bond acceptors (Lipinski definition) is 4. The molecule has 0 amide bonds. The summed E-state index contributed by atoms with van der Waals surface area (Å²) < 4.78 is 66.9. The highest BCUT2D eigenvalue weighted by Gasteiger charge is 2.31. The quantitative estimate of drug-likeness (QED) is 0.641. The van der Waals surface area contributed by atoms with E-state index in [0.717, 1.165) is 12.1 Å². The van der Waals surface area contributed by atoms with Crippen LogP contribution in [0.25, 0.3) is 16.9 Å². The van der Waals surface area contributed by atoms with E-state index < -0.39 is 21.9 Å². The number of aromatic amines is 1. The van der Waals surface area contributed by atoms with Gasteiger partial charge in [0.2, 0.25) is 0 Å². The van der Waals surface area contributed by atoms with Crippen LogP contribution in [0.5, 0.6) is 5.75 Å². The van der Waals surface area contributed by atoms with Crippen LogP contribution in [0.15, 0.2) is 41.6 Å². The molecular weight excluding hydrogens is 419 g/mol. The summed E-state index contributed by atoms with van der Waals surface area (Å²) in [5, 5.41) is 4.26. The molecule has 0 saturated carbocycles. The summed E-state index contributed by atoms with van der Waals surface area (Å²) in [5.74, 6) is -0.233. The summed E-state index contributed by atoms with van der Waals surface area (Å²) >= 11 is 6.14. The second-order valence-corrected chi connectivity index (χ2v) is 8.49. The Hall–Kier alpha value is -2.46. The van der Waals surface area contributed by atoms with Crippen LogP contribution < -0.4 is 4.74 Å². The van der Waals surface area contributed by atoms with Crippen molar-refractivity contribution in [3.05, 3.63) is 47.4 Å². The van der Waals surface area contributed by atoms with E-state index >= 15 is 0 Å². The second-order valence-electron chi connectivity index (χ2n) is 5.84. The Morgan fingerprint density at radius 2 is 1.96 bits per heavy atom. The van der Waals surface area contributed by atoms with Crippen molar-refractivity contribution in [2.75, 3.05) is 5.75 Å². The van der Waals surface area contributed by atoms with E-state index in [1.165, 1.54) is 36.1 Å². The first-order chi connectivity index (χ1) is 13.0. The minimum atomic E-state index is -4.82. The molecule has 11 heteroatoms. The van der Waals surface area contributed by atoms with E-state index in [1.807, 2.05) is 0 Å². The minimum Gasteiger partial charge on any atom is -0.406 e. The van der Waals surface area contributed by atoms with Gasteiger partial charge in [-0.15, -0.1) is 13.2 Å². The van der Waals surface area contributed by atoms with E-state index in [0.29, 0.717) is 16.8 Å². The fourth-order valence-electron chi connectivity index (χ4n) is 2.73. The molecule has 28 heavy (non-hydrogen) atoms. The molecule has 6 nitrogen and oxygen atoms in total. The molecule has 0 aliphatic rings. The van der Waals surface area contributed by atoms with Crippen molar-refractivity contribution in [2.45, 2.75) is 25.1 Å². The maximum Gasteiger partial charge on any atom is 0.573 e. The highest BCUT2D eigenvalue weighted by Crippen LogP contribution is 2.35. The third-order valence-corrected chi connectivity index (χ3v) is 6.16.